The SMILES string of the molecule is CCCCCCCCCCC(=O)O.CCCCCCCCCCCCCCCCCCCCCCCCCC(=O)O. The summed E-state index contributed by atoms with van der Waals surface area (Å²) in [5.74, 6) is -1.31. The quantitative estimate of drug-likeness (QED) is 0.0755. The van der Waals surface area contributed by atoms with E-state index >= 15 is 0 Å². The molecule has 0 aliphatic heterocycles. The molecule has 0 aliphatic rings. The van der Waals surface area contributed by atoms with E-state index in [1.807, 2.05) is 0 Å². The summed E-state index contributed by atoms with van der Waals surface area (Å²) in [6.07, 6.45) is 42.1. The van der Waals surface area contributed by atoms with Gasteiger partial charge in [-0.1, -0.05) is 200 Å². The highest BCUT2D eigenvalue weighted by Crippen LogP contribution is 2.15. The zero-order valence-corrected chi connectivity index (χ0v) is 28.0. The summed E-state index contributed by atoms with van der Waals surface area (Å²) >= 11 is 0. The highest BCUT2D eigenvalue weighted by atomic mass is 16.4. The van der Waals surface area contributed by atoms with Crippen molar-refractivity contribution in [3.8, 4) is 0 Å². The second kappa shape index (κ2) is 38.9. The molecule has 2 N–H and O–H groups in total. The van der Waals surface area contributed by atoms with Gasteiger partial charge < -0.3 is 10.2 Å². The summed E-state index contributed by atoms with van der Waals surface area (Å²) in [4.78, 5) is 20.6. The fourth-order valence-corrected chi connectivity index (χ4v) is 5.47. The molecule has 0 heterocycles. The first kappa shape index (κ1) is 42.1. The molecule has 41 heavy (non-hydrogen) atoms. The van der Waals surface area contributed by atoms with Crippen molar-refractivity contribution < 1.29 is 19.8 Å². The van der Waals surface area contributed by atoms with Crippen LogP contribution in [0.2, 0.25) is 0 Å². The number of unbranched alkanes of at least 4 members (excludes halogenated alkanes) is 29. The Kier molecular flexibility index (Phi) is 40.0. The van der Waals surface area contributed by atoms with Gasteiger partial charge in [0.15, 0.2) is 0 Å². The number of hydrogen-bond donors (Lipinski definition) is 2. The van der Waals surface area contributed by atoms with Crippen LogP contribution in [0.1, 0.15) is 226 Å². The average molecular weight is 583 g/mol. The number of rotatable bonds is 33. The molecule has 4 nitrogen and oxygen atoms in total. The van der Waals surface area contributed by atoms with Crippen LogP contribution in [0.3, 0.4) is 0 Å². The van der Waals surface area contributed by atoms with Gasteiger partial charge in [-0.05, 0) is 12.8 Å². The van der Waals surface area contributed by atoms with Crippen molar-refractivity contribution >= 4 is 11.9 Å². The first-order valence-corrected chi connectivity index (χ1v) is 18.5. The fraction of sp³-hybridized carbons (Fsp3) is 0.946. The van der Waals surface area contributed by atoms with Crippen LogP contribution >= 0.6 is 0 Å². The lowest BCUT2D eigenvalue weighted by molar-refractivity contribution is -0.138. The van der Waals surface area contributed by atoms with Gasteiger partial charge in [-0.2, -0.15) is 0 Å². The van der Waals surface area contributed by atoms with E-state index in [1.165, 1.54) is 173 Å². The molecule has 0 atom stereocenters. The zero-order chi connectivity index (χ0) is 30.5. The van der Waals surface area contributed by atoms with Crippen molar-refractivity contribution in [3.63, 3.8) is 0 Å². The van der Waals surface area contributed by atoms with Crippen molar-refractivity contribution in [3.05, 3.63) is 0 Å². The van der Waals surface area contributed by atoms with E-state index < -0.39 is 11.9 Å². The van der Waals surface area contributed by atoms with Gasteiger partial charge in [0.25, 0.3) is 0 Å². The molecule has 0 bridgehead atoms. The van der Waals surface area contributed by atoms with E-state index in [0.29, 0.717) is 12.8 Å². The Morgan fingerprint density at radius 2 is 0.439 bits per heavy atom. The Labute approximate surface area is 257 Å². The van der Waals surface area contributed by atoms with Gasteiger partial charge in [-0.15, -0.1) is 0 Å². The molecule has 0 saturated carbocycles. The van der Waals surface area contributed by atoms with Crippen LogP contribution in [0.25, 0.3) is 0 Å². The van der Waals surface area contributed by atoms with Gasteiger partial charge in [-0.3, -0.25) is 9.59 Å². The van der Waals surface area contributed by atoms with E-state index in [1.54, 1.807) is 0 Å². The first-order valence-electron chi connectivity index (χ1n) is 18.5. The second-order valence-electron chi connectivity index (χ2n) is 12.5. The van der Waals surface area contributed by atoms with Crippen LogP contribution in [0.15, 0.2) is 0 Å². The minimum atomic E-state index is -0.661. The van der Waals surface area contributed by atoms with Gasteiger partial charge >= 0.3 is 11.9 Å². The van der Waals surface area contributed by atoms with E-state index in [2.05, 4.69) is 13.8 Å². The molecule has 4 heteroatoms. The number of carbonyl (C=O) groups is 2. The van der Waals surface area contributed by atoms with E-state index in [0.717, 1.165) is 25.7 Å². The molecular weight excluding hydrogens is 508 g/mol. The monoisotopic (exact) mass is 583 g/mol. The van der Waals surface area contributed by atoms with Gasteiger partial charge in [-0.25, -0.2) is 0 Å². The molecule has 0 aliphatic carbocycles. The number of carboxylic acid groups (broad SMARTS) is 2. The topological polar surface area (TPSA) is 74.6 Å². The average Bonchev–Trinajstić information content (AvgIpc) is 2.95. The summed E-state index contributed by atoms with van der Waals surface area (Å²) in [5.41, 5.74) is 0. The van der Waals surface area contributed by atoms with Crippen molar-refractivity contribution in [2.45, 2.75) is 226 Å². The standard InChI is InChI=1S/C26H52O2.C11H22O2/c1-2-3-4-5-6-7-8-9-10-11-12-13-14-15-16-17-18-19-20-21-22-23-24-25-26(27)28;1-2-3-4-5-6-7-8-9-10-11(12)13/h2-25H2,1H3,(H,27,28);2-10H2,1H3,(H,12,13). The Hall–Kier alpha value is -1.06. The van der Waals surface area contributed by atoms with Crippen molar-refractivity contribution in [1.29, 1.82) is 0 Å². The number of carboxylic acids is 2. The Morgan fingerprint density at radius 3 is 0.585 bits per heavy atom. The Morgan fingerprint density at radius 1 is 0.293 bits per heavy atom. The molecule has 0 amide bonds. The van der Waals surface area contributed by atoms with Crippen LogP contribution in [0.4, 0.5) is 0 Å². The molecule has 0 aromatic rings. The lowest BCUT2D eigenvalue weighted by Gasteiger charge is -2.04. The summed E-state index contributed by atoms with van der Waals surface area (Å²) < 4.78 is 0. The Bertz CT molecular complexity index is 505. The smallest absolute Gasteiger partial charge is 0.303 e. The highest BCUT2D eigenvalue weighted by Gasteiger charge is 1.98. The van der Waals surface area contributed by atoms with Crippen LogP contribution < -0.4 is 0 Å². The molecule has 0 unspecified atom stereocenters. The molecule has 0 fully saturated rings. The normalized spacial score (nSPS) is 10.9. The maximum absolute atomic E-state index is 10.4. The minimum absolute atomic E-state index is 0.342. The zero-order valence-electron chi connectivity index (χ0n) is 28.0. The summed E-state index contributed by atoms with van der Waals surface area (Å²) in [6, 6.07) is 0. The highest BCUT2D eigenvalue weighted by molar-refractivity contribution is 5.66. The third-order valence-electron chi connectivity index (χ3n) is 8.24. The molecule has 0 saturated heterocycles. The minimum Gasteiger partial charge on any atom is -0.481 e. The molecular formula is C37H74O4. The van der Waals surface area contributed by atoms with Crippen LogP contribution in [-0.4, -0.2) is 22.2 Å². The lowest BCUT2D eigenvalue weighted by atomic mass is 10.0. The van der Waals surface area contributed by atoms with Crippen molar-refractivity contribution in [2.75, 3.05) is 0 Å². The third-order valence-corrected chi connectivity index (χ3v) is 8.24. The predicted octanol–water partition coefficient (Wildman–Crippen LogP) is 13.1. The number of aliphatic carboxylic acids is 2. The van der Waals surface area contributed by atoms with E-state index in [9.17, 15) is 9.59 Å². The molecule has 246 valence electrons. The maximum atomic E-state index is 10.4. The summed E-state index contributed by atoms with van der Waals surface area (Å²) in [6.45, 7) is 4.51. The Balaban J connectivity index is 0. The molecule has 0 spiro atoms. The van der Waals surface area contributed by atoms with Crippen LogP contribution in [-0.2, 0) is 9.59 Å². The molecule has 0 rings (SSSR count). The van der Waals surface area contributed by atoms with Gasteiger partial charge in [0.05, 0.1) is 0 Å². The lowest BCUT2D eigenvalue weighted by Crippen LogP contribution is -1.93. The predicted molar refractivity (Wildman–Crippen MR) is 179 cm³/mol. The van der Waals surface area contributed by atoms with E-state index in [-0.39, 0.29) is 0 Å². The van der Waals surface area contributed by atoms with Crippen LogP contribution in [0.5, 0.6) is 0 Å². The van der Waals surface area contributed by atoms with Gasteiger partial charge in [0.1, 0.15) is 0 Å². The van der Waals surface area contributed by atoms with Crippen molar-refractivity contribution in [1.82, 2.24) is 0 Å². The third kappa shape index (κ3) is 46.1. The van der Waals surface area contributed by atoms with Gasteiger partial charge in [0, 0.05) is 12.8 Å². The molecule has 0 aromatic heterocycles. The second-order valence-corrected chi connectivity index (χ2v) is 12.5. The summed E-state index contributed by atoms with van der Waals surface area (Å²) in [5, 5.41) is 17.0. The van der Waals surface area contributed by atoms with Gasteiger partial charge in [0.2, 0.25) is 0 Å². The largest absolute Gasteiger partial charge is 0.481 e. The maximum Gasteiger partial charge on any atom is 0.303 e. The van der Waals surface area contributed by atoms with Crippen LogP contribution in [0, 0.1) is 0 Å². The summed E-state index contributed by atoms with van der Waals surface area (Å²) in [7, 11) is 0. The first-order chi connectivity index (χ1) is 20.0. The number of hydrogen-bond acceptors (Lipinski definition) is 2. The van der Waals surface area contributed by atoms with Crippen molar-refractivity contribution in [2.24, 2.45) is 0 Å². The van der Waals surface area contributed by atoms with E-state index in [4.69, 9.17) is 10.2 Å². The molecule has 0 aromatic carbocycles. The fourth-order valence-electron chi connectivity index (χ4n) is 5.47. The molecule has 0 radical (unpaired) electrons.